The van der Waals surface area contributed by atoms with Crippen molar-refractivity contribution in [1.29, 1.82) is 0 Å². The summed E-state index contributed by atoms with van der Waals surface area (Å²) in [5, 5.41) is 0. The number of ether oxygens (including phenoxy) is 2. The first kappa shape index (κ1) is 14.9. The summed E-state index contributed by atoms with van der Waals surface area (Å²) in [6.45, 7) is 5.29. The zero-order valence-electron chi connectivity index (χ0n) is 12.0. The van der Waals surface area contributed by atoms with Gasteiger partial charge in [-0.05, 0) is 11.6 Å². The van der Waals surface area contributed by atoms with Crippen molar-refractivity contribution in [2.45, 2.75) is 19.6 Å². The molecule has 0 aromatic heterocycles. The highest BCUT2D eigenvalue weighted by molar-refractivity contribution is 5.81. The van der Waals surface area contributed by atoms with E-state index in [9.17, 15) is 4.79 Å². The van der Waals surface area contributed by atoms with Gasteiger partial charge in [0.15, 0.2) is 0 Å². The molecule has 0 saturated heterocycles. The monoisotopic (exact) mass is 282 g/mol. The van der Waals surface area contributed by atoms with Crippen molar-refractivity contribution < 1.29 is 14.3 Å². The van der Waals surface area contributed by atoms with Gasteiger partial charge in [-0.2, -0.15) is 0 Å². The van der Waals surface area contributed by atoms with E-state index in [1.54, 1.807) is 0 Å². The third kappa shape index (κ3) is 3.96. The van der Waals surface area contributed by atoms with E-state index in [-0.39, 0.29) is 0 Å². The minimum Gasteiger partial charge on any atom is -0.454 e. The molecule has 2 rings (SSSR count). The van der Waals surface area contributed by atoms with Gasteiger partial charge in [-0.25, -0.2) is 4.79 Å². The first-order valence-electron chi connectivity index (χ1n) is 6.88. The van der Waals surface area contributed by atoms with Gasteiger partial charge in [0.1, 0.15) is 5.75 Å². The minimum absolute atomic E-state index is 0.487. The summed E-state index contributed by atoms with van der Waals surface area (Å²) >= 11 is 0. The van der Waals surface area contributed by atoms with Crippen molar-refractivity contribution in [2.24, 2.45) is 0 Å². The van der Waals surface area contributed by atoms with Crippen LogP contribution in [0.5, 0.6) is 5.75 Å². The molecule has 0 spiro atoms. The highest BCUT2D eigenvalue weighted by Gasteiger charge is 2.14. The molecule has 0 bridgehead atoms. The van der Waals surface area contributed by atoms with Gasteiger partial charge in [0.25, 0.3) is 0 Å². The lowest BCUT2D eigenvalue weighted by Crippen LogP contribution is -2.22. The fourth-order valence-electron chi connectivity index (χ4n) is 1.94. The maximum atomic E-state index is 11.3. The van der Waals surface area contributed by atoms with E-state index in [1.807, 2.05) is 61.5 Å². The molecule has 0 saturated carbocycles. The molecule has 0 radical (unpaired) electrons. The van der Waals surface area contributed by atoms with Crippen LogP contribution in [-0.2, 0) is 9.53 Å². The van der Waals surface area contributed by atoms with Crippen molar-refractivity contribution in [3.63, 3.8) is 0 Å². The van der Waals surface area contributed by atoms with E-state index in [4.69, 9.17) is 9.47 Å². The highest BCUT2D eigenvalue weighted by Crippen LogP contribution is 2.30. The van der Waals surface area contributed by atoms with Crippen LogP contribution >= 0.6 is 0 Å². The summed E-state index contributed by atoms with van der Waals surface area (Å²) in [5.74, 6) is 0.200. The number of carbonyl (C=O) groups is 1. The summed E-state index contributed by atoms with van der Waals surface area (Å²) in [5.41, 5.74) is 2.02. The number of rotatable bonds is 6. The normalized spacial score (nSPS) is 11.5. The Labute approximate surface area is 124 Å². The number of esters is 1. The van der Waals surface area contributed by atoms with Gasteiger partial charge in [0.05, 0.1) is 0 Å². The van der Waals surface area contributed by atoms with Crippen molar-refractivity contribution in [2.75, 3.05) is 0 Å². The molecule has 3 heteroatoms. The van der Waals surface area contributed by atoms with E-state index in [0.29, 0.717) is 12.2 Å². The summed E-state index contributed by atoms with van der Waals surface area (Å²) in [7, 11) is 0. The van der Waals surface area contributed by atoms with Crippen LogP contribution in [0.3, 0.4) is 0 Å². The second-order valence-corrected chi connectivity index (χ2v) is 4.46. The Morgan fingerprint density at radius 3 is 2.48 bits per heavy atom. The Hall–Kier alpha value is -2.55. The largest absolute Gasteiger partial charge is 0.454 e. The Balaban J connectivity index is 2.24. The van der Waals surface area contributed by atoms with Crippen LogP contribution in [0, 0.1) is 0 Å². The molecule has 0 amide bonds. The average molecular weight is 282 g/mol. The third-order valence-electron chi connectivity index (χ3n) is 2.98. The molecule has 21 heavy (non-hydrogen) atoms. The smallest absolute Gasteiger partial charge is 0.333 e. The molecule has 0 N–H and O–H groups in total. The second kappa shape index (κ2) is 7.29. The molecule has 2 aromatic carbocycles. The second-order valence-electron chi connectivity index (χ2n) is 4.46. The first-order chi connectivity index (χ1) is 10.2. The molecule has 3 nitrogen and oxygen atoms in total. The minimum atomic E-state index is -0.625. The number of para-hydroxylation sites is 1. The predicted molar refractivity (Wildman–Crippen MR) is 82.9 cm³/mol. The summed E-state index contributed by atoms with van der Waals surface area (Å²) in [6.07, 6.45) is 1.07. The zero-order chi connectivity index (χ0) is 15.1. The summed E-state index contributed by atoms with van der Waals surface area (Å²) in [4.78, 5) is 11.3. The first-order valence-corrected chi connectivity index (χ1v) is 6.88. The lowest BCUT2D eigenvalue weighted by Gasteiger charge is -2.19. The Morgan fingerprint density at radius 2 is 1.81 bits per heavy atom. The molecular formula is C18H18O3. The van der Waals surface area contributed by atoms with Gasteiger partial charge in [-0.3, -0.25) is 0 Å². The van der Waals surface area contributed by atoms with E-state index in [0.717, 1.165) is 17.2 Å². The van der Waals surface area contributed by atoms with Crippen LogP contribution in [0.15, 0.2) is 67.3 Å². The molecule has 0 aliphatic carbocycles. The Morgan fingerprint density at radius 1 is 1.14 bits per heavy atom. The van der Waals surface area contributed by atoms with Crippen LogP contribution in [0.25, 0.3) is 11.1 Å². The average Bonchev–Trinajstić information content (AvgIpc) is 2.55. The number of benzene rings is 2. The predicted octanol–water partition coefficient (Wildman–Crippen LogP) is 4.20. The van der Waals surface area contributed by atoms with Gasteiger partial charge < -0.3 is 9.47 Å². The Kier molecular flexibility index (Phi) is 5.16. The van der Waals surface area contributed by atoms with Gasteiger partial charge >= 0.3 is 5.97 Å². The van der Waals surface area contributed by atoms with Gasteiger partial charge in [0, 0.05) is 18.1 Å². The van der Waals surface area contributed by atoms with Crippen molar-refractivity contribution in [3.05, 3.63) is 67.3 Å². The quantitative estimate of drug-likeness (QED) is 0.452. The SMILES string of the molecule is C=CC(=O)OC(CC)Oc1ccccc1-c1ccccc1. The summed E-state index contributed by atoms with van der Waals surface area (Å²) in [6, 6.07) is 17.6. The van der Waals surface area contributed by atoms with Crippen LogP contribution in [0.2, 0.25) is 0 Å². The third-order valence-corrected chi connectivity index (χ3v) is 2.98. The van der Waals surface area contributed by atoms with E-state index in [2.05, 4.69) is 6.58 Å². The zero-order valence-corrected chi connectivity index (χ0v) is 12.0. The number of hydrogen-bond donors (Lipinski definition) is 0. The molecule has 0 fully saturated rings. The molecule has 2 aromatic rings. The maximum absolute atomic E-state index is 11.3. The van der Waals surface area contributed by atoms with Crippen molar-refractivity contribution >= 4 is 5.97 Å². The summed E-state index contributed by atoms with van der Waals surface area (Å²) < 4.78 is 11.0. The maximum Gasteiger partial charge on any atom is 0.333 e. The van der Waals surface area contributed by atoms with Crippen molar-refractivity contribution in [1.82, 2.24) is 0 Å². The van der Waals surface area contributed by atoms with Crippen LogP contribution in [0.1, 0.15) is 13.3 Å². The van der Waals surface area contributed by atoms with Gasteiger partial charge in [0.2, 0.25) is 6.29 Å². The van der Waals surface area contributed by atoms with Gasteiger partial charge in [-0.1, -0.05) is 62.0 Å². The van der Waals surface area contributed by atoms with Crippen LogP contribution < -0.4 is 4.74 Å². The van der Waals surface area contributed by atoms with E-state index >= 15 is 0 Å². The lowest BCUT2D eigenvalue weighted by molar-refractivity contribution is -0.157. The van der Waals surface area contributed by atoms with E-state index < -0.39 is 12.3 Å². The molecule has 0 heterocycles. The fourth-order valence-corrected chi connectivity index (χ4v) is 1.94. The van der Waals surface area contributed by atoms with Crippen LogP contribution in [0.4, 0.5) is 0 Å². The molecule has 108 valence electrons. The number of carbonyl (C=O) groups excluding carboxylic acids is 1. The molecule has 1 atom stereocenters. The lowest BCUT2D eigenvalue weighted by atomic mass is 10.1. The fraction of sp³-hybridized carbons (Fsp3) is 0.167. The van der Waals surface area contributed by atoms with Crippen LogP contribution in [-0.4, -0.2) is 12.3 Å². The van der Waals surface area contributed by atoms with E-state index in [1.165, 1.54) is 0 Å². The molecule has 0 aliphatic heterocycles. The number of hydrogen-bond acceptors (Lipinski definition) is 3. The molecule has 0 aliphatic rings. The Bertz CT molecular complexity index is 605. The highest BCUT2D eigenvalue weighted by atomic mass is 16.7. The van der Waals surface area contributed by atoms with Gasteiger partial charge in [-0.15, -0.1) is 0 Å². The van der Waals surface area contributed by atoms with Crippen molar-refractivity contribution in [3.8, 4) is 16.9 Å². The standard InChI is InChI=1S/C18H18O3/c1-3-17(19)21-18(4-2)20-16-13-9-8-12-15(16)14-10-6-5-7-11-14/h3,5-13,18H,1,4H2,2H3. The molecule has 1 unspecified atom stereocenters. The topological polar surface area (TPSA) is 35.5 Å². The molecular weight excluding hydrogens is 264 g/mol.